The number of aryl methyl sites for hydroxylation is 1. The van der Waals surface area contributed by atoms with Gasteiger partial charge in [0.15, 0.2) is 0 Å². The van der Waals surface area contributed by atoms with Crippen LogP contribution in [0.5, 0.6) is 5.75 Å². The first-order valence-corrected chi connectivity index (χ1v) is 9.63. The molecule has 0 amide bonds. The van der Waals surface area contributed by atoms with Crippen LogP contribution in [-0.4, -0.2) is 28.8 Å². The molecule has 0 bridgehead atoms. The normalized spacial score (nSPS) is 23.3. The maximum atomic E-state index is 12.0. The highest BCUT2D eigenvalue weighted by Gasteiger charge is 2.28. The molecule has 0 unspecified atom stereocenters. The predicted octanol–water partition coefficient (Wildman–Crippen LogP) is 4.28. The van der Waals surface area contributed by atoms with Gasteiger partial charge in [-0.2, -0.15) is 0 Å². The molecule has 26 heavy (non-hydrogen) atoms. The van der Waals surface area contributed by atoms with Crippen LogP contribution in [0.25, 0.3) is 10.9 Å². The number of carboxylic acid groups (broad SMARTS) is 1. The summed E-state index contributed by atoms with van der Waals surface area (Å²) in [6.07, 6.45) is 3.69. The van der Waals surface area contributed by atoms with E-state index in [1.165, 1.54) is 12.8 Å². The molecule has 1 saturated carbocycles. The van der Waals surface area contributed by atoms with Crippen LogP contribution >= 0.6 is 0 Å². The number of aromatic carboxylic acids is 1. The van der Waals surface area contributed by atoms with Crippen LogP contribution in [0.15, 0.2) is 18.2 Å². The van der Waals surface area contributed by atoms with Gasteiger partial charge in [-0.1, -0.05) is 26.7 Å². The summed E-state index contributed by atoms with van der Waals surface area (Å²) in [7, 11) is 1.63. The molecule has 1 heterocycles. The van der Waals surface area contributed by atoms with Crippen LogP contribution in [0.3, 0.4) is 0 Å². The van der Waals surface area contributed by atoms with Gasteiger partial charge in [-0.05, 0) is 37.3 Å². The minimum absolute atomic E-state index is 0.389. The first-order valence-electron chi connectivity index (χ1n) is 9.63. The molecule has 0 saturated heterocycles. The maximum absolute atomic E-state index is 12.0. The summed E-state index contributed by atoms with van der Waals surface area (Å²) in [5.74, 6) is 1.19. The topological polar surface area (TPSA) is 63.5 Å². The number of hydrogen-bond acceptors (Lipinski definition) is 3. The summed E-state index contributed by atoms with van der Waals surface area (Å²) < 4.78 is 7.22. The summed E-state index contributed by atoms with van der Waals surface area (Å²) in [6, 6.07) is 6.26. The first kappa shape index (κ1) is 18.8. The molecule has 1 aliphatic rings. The molecule has 1 aromatic carbocycles. The number of nitrogens with one attached hydrogen (secondary N) is 1. The molecule has 2 aromatic rings. The first-order chi connectivity index (χ1) is 12.5. The number of rotatable bonds is 6. The zero-order chi connectivity index (χ0) is 18.8. The van der Waals surface area contributed by atoms with Crippen molar-refractivity contribution >= 4 is 16.9 Å². The number of nitrogens with zero attached hydrogens (tertiary/aromatic N) is 1. The Morgan fingerprint density at radius 2 is 2.12 bits per heavy atom. The molecule has 2 N–H and O–H groups in total. The van der Waals surface area contributed by atoms with Crippen molar-refractivity contribution in [2.24, 2.45) is 11.8 Å². The van der Waals surface area contributed by atoms with Crippen molar-refractivity contribution in [3.05, 3.63) is 29.5 Å². The summed E-state index contributed by atoms with van der Waals surface area (Å²) in [4.78, 5) is 12.0. The third-order valence-corrected chi connectivity index (χ3v) is 6.14. The Morgan fingerprint density at radius 3 is 2.77 bits per heavy atom. The van der Waals surface area contributed by atoms with E-state index in [9.17, 15) is 9.90 Å². The molecule has 5 nitrogen and oxygen atoms in total. The zero-order valence-electron chi connectivity index (χ0n) is 16.2. The fourth-order valence-corrected chi connectivity index (χ4v) is 4.38. The standard InChI is InChI=1S/C21H30N2O3/c1-5-23-19-11-15(26-4)9-10-16(19)17(20(23)21(24)25)12-22-18-8-6-7-13(2)14(18)3/h9-11,13-14,18,22H,5-8,12H2,1-4H3,(H,24,25)/t13-,14-,18-/m1/s1. The second-order valence-corrected chi connectivity index (χ2v) is 7.51. The highest BCUT2D eigenvalue weighted by molar-refractivity contribution is 5.98. The molecule has 3 rings (SSSR count). The Labute approximate surface area is 155 Å². The highest BCUT2D eigenvalue weighted by Crippen LogP contribution is 2.32. The van der Waals surface area contributed by atoms with E-state index in [0.717, 1.165) is 28.6 Å². The molecule has 1 aromatic heterocycles. The lowest BCUT2D eigenvalue weighted by atomic mass is 9.78. The van der Waals surface area contributed by atoms with Crippen LogP contribution in [0.4, 0.5) is 0 Å². The summed E-state index contributed by atoms with van der Waals surface area (Å²) >= 11 is 0. The minimum atomic E-state index is -0.871. The Morgan fingerprint density at radius 1 is 1.35 bits per heavy atom. The van der Waals surface area contributed by atoms with Gasteiger partial charge in [0.2, 0.25) is 0 Å². The molecule has 1 aliphatic carbocycles. The largest absolute Gasteiger partial charge is 0.497 e. The van der Waals surface area contributed by atoms with Crippen LogP contribution in [0.1, 0.15) is 56.1 Å². The molecule has 142 valence electrons. The quantitative estimate of drug-likeness (QED) is 0.809. The van der Waals surface area contributed by atoms with Gasteiger partial charge in [-0.25, -0.2) is 4.79 Å². The van der Waals surface area contributed by atoms with Crippen LogP contribution in [-0.2, 0) is 13.1 Å². The van der Waals surface area contributed by atoms with Gasteiger partial charge in [0.1, 0.15) is 11.4 Å². The number of benzene rings is 1. The fraction of sp³-hybridized carbons (Fsp3) is 0.571. The number of fused-ring (bicyclic) bond motifs is 1. The lowest BCUT2D eigenvalue weighted by Gasteiger charge is -2.34. The second-order valence-electron chi connectivity index (χ2n) is 7.51. The number of methoxy groups -OCH3 is 1. The van der Waals surface area contributed by atoms with Crippen molar-refractivity contribution < 1.29 is 14.6 Å². The predicted molar refractivity (Wildman–Crippen MR) is 104 cm³/mol. The Balaban J connectivity index is 1.98. The lowest BCUT2D eigenvalue weighted by molar-refractivity contribution is 0.0684. The Hall–Kier alpha value is -2.01. The van der Waals surface area contributed by atoms with Gasteiger partial charge in [0.05, 0.1) is 12.6 Å². The van der Waals surface area contributed by atoms with Crippen LogP contribution in [0.2, 0.25) is 0 Å². The van der Waals surface area contributed by atoms with E-state index in [1.807, 2.05) is 29.7 Å². The Kier molecular flexibility index (Phi) is 5.56. The molecular formula is C21H30N2O3. The number of ether oxygens (including phenoxy) is 1. The second kappa shape index (κ2) is 7.70. The van der Waals surface area contributed by atoms with E-state index >= 15 is 0 Å². The van der Waals surface area contributed by atoms with Gasteiger partial charge < -0.3 is 19.7 Å². The van der Waals surface area contributed by atoms with Crippen molar-refractivity contribution in [3.63, 3.8) is 0 Å². The Bertz CT molecular complexity index is 796. The number of carboxylic acids is 1. The number of hydrogen-bond donors (Lipinski definition) is 2. The third kappa shape index (κ3) is 3.32. The molecule has 1 fully saturated rings. The van der Waals surface area contributed by atoms with Gasteiger partial charge in [0.25, 0.3) is 0 Å². The van der Waals surface area contributed by atoms with E-state index in [4.69, 9.17) is 4.74 Å². The van der Waals surface area contributed by atoms with Gasteiger partial charge >= 0.3 is 5.97 Å². The van der Waals surface area contributed by atoms with E-state index in [1.54, 1.807) is 7.11 Å². The number of aromatic nitrogens is 1. The molecular weight excluding hydrogens is 328 g/mol. The summed E-state index contributed by atoms with van der Waals surface area (Å²) in [6.45, 7) is 7.80. The summed E-state index contributed by atoms with van der Waals surface area (Å²) in [5.41, 5.74) is 2.19. The minimum Gasteiger partial charge on any atom is -0.497 e. The van der Waals surface area contributed by atoms with Crippen molar-refractivity contribution in [1.82, 2.24) is 9.88 Å². The SMILES string of the molecule is CCn1c(C(=O)O)c(CN[C@@H]2CCC[C@@H](C)[C@H]2C)c2ccc(OC)cc21. The molecule has 0 spiro atoms. The zero-order valence-corrected chi connectivity index (χ0v) is 16.2. The average Bonchev–Trinajstić information content (AvgIpc) is 2.95. The molecule has 0 aliphatic heterocycles. The highest BCUT2D eigenvalue weighted by atomic mass is 16.5. The average molecular weight is 358 g/mol. The lowest BCUT2D eigenvalue weighted by Crippen LogP contribution is -2.40. The van der Waals surface area contributed by atoms with Gasteiger partial charge in [-0.15, -0.1) is 0 Å². The van der Waals surface area contributed by atoms with E-state index in [2.05, 4.69) is 19.2 Å². The molecule has 3 atom stereocenters. The van der Waals surface area contributed by atoms with Crippen molar-refractivity contribution in [2.75, 3.05) is 7.11 Å². The number of carbonyl (C=O) groups is 1. The van der Waals surface area contributed by atoms with E-state index < -0.39 is 5.97 Å². The molecule has 0 radical (unpaired) electrons. The van der Waals surface area contributed by atoms with Crippen LogP contribution in [0, 0.1) is 11.8 Å². The maximum Gasteiger partial charge on any atom is 0.352 e. The van der Waals surface area contributed by atoms with Crippen molar-refractivity contribution in [3.8, 4) is 5.75 Å². The monoisotopic (exact) mass is 358 g/mol. The van der Waals surface area contributed by atoms with Gasteiger partial charge in [0, 0.05) is 36.1 Å². The van der Waals surface area contributed by atoms with Gasteiger partial charge in [-0.3, -0.25) is 0 Å². The summed E-state index contributed by atoms with van der Waals surface area (Å²) in [5, 5.41) is 14.5. The van der Waals surface area contributed by atoms with Crippen molar-refractivity contribution in [2.45, 2.75) is 59.2 Å². The van der Waals surface area contributed by atoms with Crippen molar-refractivity contribution in [1.29, 1.82) is 0 Å². The van der Waals surface area contributed by atoms with E-state index in [0.29, 0.717) is 36.7 Å². The van der Waals surface area contributed by atoms with Crippen LogP contribution < -0.4 is 10.1 Å². The fourth-order valence-electron chi connectivity index (χ4n) is 4.38. The third-order valence-electron chi connectivity index (χ3n) is 6.14. The smallest absolute Gasteiger partial charge is 0.352 e. The molecule has 5 heteroatoms. The van der Waals surface area contributed by atoms with E-state index in [-0.39, 0.29) is 0 Å².